The van der Waals surface area contributed by atoms with E-state index < -0.39 is 0 Å². The highest BCUT2D eigenvalue weighted by Gasteiger charge is 2.31. The molecule has 0 bridgehead atoms. The van der Waals surface area contributed by atoms with Crippen LogP contribution in [0.2, 0.25) is 0 Å². The van der Waals surface area contributed by atoms with Crippen LogP contribution in [0.4, 0.5) is 0 Å². The minimum atomic E-state index is -0.341. The van der Waals surface area contributed by atoms with E-state index in [9.17, 15) is 9.59 Å². The molecule has 1 N–H and O–H groups in total. The number of thiazole rings is 1. The van der Waals surface area contributed by atoms with Crippen molar-refractivity contribution in [3.05, 3.63) is 52.5 Å². The normalized spacial score (nSPS) is 19.8. The van der Waals surface area contributed by atoms with Gasteiger partial charge in [-0.05, 0) is 5.56 Å². The zero-order valence-corrected chi connectivity index (χ0v) is 17.6. The fourth-order valence-corrected chi connectivity index (χ4v) is 4.87. The number of aromatic nitrogens is 1. The predicted molar refractivity (Wildman–Crippen MR) is 116 cm³/mol. The molecule has 1 aromatic heterocycles. The largest absolute Gasteiger partial charge is 0.344 e. The molecule has 0 unspecified atom stereocenters. The molecule has 0 saturated carbocycles. The Kier molecular flexibility index (Phi) is 6.58. The Morgan fingerprint density at radius 3 is 2.66 bits per heavy atom. The second kappa shape index (κ2) is 9.51. The molecule has 29 heavy (non-hydrogen) atoms. The second-order valence-electron chi connectivity index (χ2n) is 6.99. The molecule has 2 aromatic rings. The summed E-state index contributed by atoms with van der Waals surface area (Å²) in [5, 5.41) is 5.33. The zero-order valence-electron chi connectivity index (χ0n) is 16.0. The summed E-state index contributed by atoms with van der Waals surface area (Å²) in [5.74, 6) is 0.530. The Morgan fingerprint density at radius 1 is 1.14 bits per heavy atom. The minimum Gasteiger partial charge on any atom is -0.344 e. The van der Waals surface area contributed by atoms with Gasteiger partial charge in [-0.25, -0.2) is 4.98 Å². The highest BCUT2D eigenvalue weighted by Crippen LogP contribution is 2.20. The number of benzene rings is 1. The van der Waals surface area contributed by atoms with Gasteiger partial charge in [0, 0.05) is 43.9 Å². The first kappa shape index (κ1) is 20.1. The lowest BCUT2D eigenvalue weighted by molar-refractivity contribution is -0.133. The van der Waals surface area contributed by atoms with Crippen LogP contribution in [0, 0.1) is 0 Å². The number of piperazine rings is 1. The molecule has 2 amide bonds. The van der Waals surface area contributed by atoms with Crippen molar-refractivity contribution in [3.63, 3.8) is 0 Å². The third-order valence-corrected chi connectivity index (χ3v) is 6.64. The molecule has 0 aliphatic carbocycles. The highest BCUT2D eigenvalue weighted by atomic mass is 32.2. The smallest absolute Gasteiger partial charge is 0.271 e. The predicted octanol–water partition coefficient (Wildman–Crippen LogP) is 1.73. The summed E-state index contributed by atoms with van der Waals surface area (Å²) in [6.07, 6.45) is 0. The standard InChI is InChI=1S/C20H23N5O2S2/c26-19(16-12-28-14-22-16)21-10-18-23-17(13-29-18)20(27)25-8-6-24(7-9-25)11-15-4-2-1-3-5-15/h1-5,12,14,17H,6-11,13H2,(H,21,26)/t17-/m1/s1. The Balaban J connectivity index is 1.23. The molecular weight excluding hydrogens is 406 g/mol. The lowest BCUT2D eigenvalue weighted by Gasteiger charge is -2.35. The maximum absolute atomic E-state index is 12.8. The number of rotatable bonds is 6. The van der Waals surface area contributed by atoms with Crippen molar-refractivity contribution < 1.29 is 9.59 Å². The van der Waals surface area contributed by atoms with Gasteiger partial charge in [-0.3, -0.25) is 19.5 Å². The summed E-state index contributed by atoms with van der Waals surface area (Å²) < 4.78 is 0. The molecule has 1 saturated heterocycles. The molecule has 7 nitrogen and oxygen atoms in total. The zero-order chi connectivity index (χ0) is 20.1. The maximum Gasteiger partial charge on any atom is 0.271 e. The van der Waals surface area contributed by atoms with Crippen LogP contribution in [0.5, 0.6) is 0 Å². The van der Waals surface area contributed by atoms with E-state index in [0.717, 1.165) is 37.8 Å². The molecule has 0 spiro atoms. The number of hydrogen-bond donors (Lipinski definition) is 1. The van der Waals surface area contributed by atoms with Gasteiger partial charge in [0.05, 0.1) is 17.1 Å². The summed E-state index contributed by atoms with van der Waals surface area (Å²) in [5.41, 5.74) is 3.35. The summed E-state index contributed by atoms with van der Waals surface area (Å²) in [7, 11) is 0. The van der Waals surface area contributed by atoms with Gasteiger partial charge in [0.25, 0.3) is 5.91 Å². The third-order valence-electron chi connectivity index (χ3n) is 4.99. The monoisotopic (exact) mass is 429 g/mol. The summed E-state index contributed by atoms with van der Waals surface area (Å²) in [4.78, 5) is 37.6. The van der Waals surface area contributed by atoms with Gasteiger partial charge in [-0.2, -0.15) is 0 Å². The van der Waals surface area contributed by atoms with Gasteiger partial charge >= 0.3 is 0 Å². The van der Waals surface area contributed by atoms with Crippen molar-refractivity contribution in [1.82, 2.24) is 20.1 Å². The van der Waals surface area contributed by atoms with E-state index in [2.05, 4.69) is 44.5 Å². The molecular formula is C20H23N5O2S2. The number of aliphatic imine (C=N–C) groups is 1. The van der Waals surface area contributed by atoms with Crippen molar-refractivity contribution >= 4 is 40.0 Å². The van der Waals surface area contributed by atoms with Gasteiger partial charge < -0.3 is 10.2 Å². The summed E-state index contributed by atoms with van der Waals surface area (Å²) in [6, 6.07) is 10.1. The fourth-order valence-electron chi connectivity index (χ4n) is 3.40. The lowest BCUT2D eigenvalue weighted by Crippen LogP contribution is -2.51. The maximum atomic E-state index is 12.8. The van der Waals surface area contributed by atoms with E-state index >= 15 is 0 Å². The van der Waals surface area contributed by atoms with Crippen LogP contribution >= 0.6 is 23.1 Å². The molecule has 1 fully saturated rings. The van der Waals surface area contributed by atoms with E-state index in [0.29, 0.717) is 18.0 Å². The first-order valence-electron chi connectivity index (χ1n) is 9.60. The number of nitrogens with zero attached hydrogens (tertiary/aromatic N) is 4. The van der Waals surface area contributed by atoms with Gasteiger partial charge in [-0.1, -0.05) is 30.3 Å². The van der Waals surface area contributed by atoms with E-state index in [-0.39, 0.29) is 17.9 Å². The lowest BCUT2D eigenvalue weighted by atomic mass is 10.2. The van der Waals surface area contributed by atoms with Gasteiger partial charge in [0.2, 0.25) is 5.91 Å². The van der Waals surface area contributed by atoms with E-state index in [1.165, 1.54) is 16.9 Å². The van der Waals surface area contributed by atoms with E-state index in [1.54, 1.807) is 22.7 Å². The van der Waals surface area contributed by atoms with Gasteiger partial charge in [0.15, 0.2) is 0 Å². The summed E-state index contributed by atoms with van der Waals surface area (Å²) >= 11 is 2.93. The number of carbonyl (C=O) groups excluding carboxylic acids is 2. The molecule has 9 heteroatoms. The highest BCUT2D eigenvalue weighted by molar-refractivity contribution is 8.14. The molecule has 2 aliphatic heterocycles. The molecule has 4 rings (SSSR count). The van der Waals surface area contributed by atoms with Gasteiger partial charge in [-0.15, -0.1) is 23.1 Å². The van der Waals surface area contributed by atoms with Crippen LogP contribution in [0.15, 0.2) is 46.2 Å². The van der Waals surface area contributed by atoms with Crippen LogP contribution in [-0.2, 0) is 11.3 Å². The molecule has 2 aliphatic rings. The van der Waals surface area contributed by atoms with Crippen molar-refractivity contribution in [2.75, 3.05) is 38.5 Å². The SMILES string of the molecule is O=C(NCC1=N[C@@H](C(=O)N2CCN(Cc3ccccc3)CC2)CS1)c1cscn1. The first-order chi connectivity index (χ1) is 14.2. The van der Waals surface area contributed by atoms with Crippen LogP contribution in [0.3, 0.4) is 0 Å². The molecule has 0 radical (unpaired) electrons. The minimum absolute atomic E-state index is 0.0951. The van der Waals surface area contributed by atoms with E-state index in [1.807, 2.05) is 11.0 Å². The van der Waals surface area contributed by atoms with Crippen LogP contribution in [0.25, 0.3) is 0 Å². The number of amides is 2. The molecule has 1 aromatic carbocycles. The van der Waals surface area contributed by atoms with Crippen LogP contribution in [0.1, 0.15) is 16.1 Å². The Morgan fingerprint density at radius 2 is 1.93 bits per heavy atom. The average molecular weight is 430 g/mol. The Hall–Kier alpha value is -2.23. The topological polar surface area (TPSA) is 77.9 Å². The first-order valence-corrected chi connectivity index (χ1v) is 11.5. The van der Waals surface area contributed by atoms with Crippen LogP contribution in [-0.4, -0.2) is 76.2 Å². The van der Waals surface area contributed by atoms with Gasteiger partial charge in [0.1, 0.15) is 11.7 Å². The van der Waals surface area contributed by atoms with Crippen molar-refractivity contribution in [2.24, 2.45) is 4.99 Å². The Labute approximate surface area is 178 Å². The van der Waals surface area contributed by atoms with E-state index in [4.69, 9.17) is 0 Å². The van der Waals surface area contributed by atoms with Crippen molar-refractivity contribution in [3.8, 4) is 0 Å². The quantitative estimate of drug-likeness (QED) is 0.757. The molecule has 152 valence electrons. The number of hydrogen-bond acceptors (Lipinski definition) is 7. The van der Waals surface area contributed by atoms with Crippen molar-refractivity contribution in [2.45, 2.75) is 12.6 Å². The number of nitrogens with one attached hydrogen (secondary N) is 1. The second-order valence-corrected chi connectivity index (χ2v) is 8.80. The van der Waals surface area contributed by atoms with Crippen molar-refractivity contribution in [1.29, 1.82) is 0 Å². The number of thioether (sulfide) groups is 1. The average Bonchev–Trinajstić information content (AvgIpc) is 3.45. The molecule has 1 atom stereocenters. The fraction of sp³-hybridized carbons (Fsp3) is 0.400. The third kappa shape index (κ3) is 5.23. The Bertz CT molecular complexity index is 864. The van der Waals surface area contributed by atoms with Crippen LogP contribution < -0.4 is 5.32 Å². The molecule has 3 heterocycles. The summed E-state index contributed by atoms with van der Waals surface area (Å²) in [6.45, 7) is 4.48. The number of carbonyl (C=O) groups is 2.